The summed E-state index contributed by atoms with van der Waals surface area (Å²) in [5, 5.41) is 6.12. The molecular formula is C23H19BrN2O3S. The Kier molecular flexibility index (Phi) is 6.01. The number of hydrogen-bond acceptors (Lipinski definition) is 5. The van der Waals surface area contributed by atoms with Crippen LogP contribution in [0.2, 0.25) is 0 Å². The Balaban J connectivity index is 1.75. The van der Waals surface area contributed by atoms with E-state index in [1.807, 2.05) is 55.6 Å². The highest BCUT2D eigenvalue weighted by Gasteiger charge is 2.15. The predicted molar refractivity (Wildman–Crippen MR) is 125 cm³/mol. The van der Waals surface area contributed by atoms with Crippen LogP contribution in [0.3, 0.4) is 0 Å². The van der Waals surface area contributed by atoms with Crippen molar-refractivity contribution in [2.24, 2.45) is 0 Å². The molecule has 0 unspecified atom stereocenters. The van der Waals surface area contributed by atoms with Crippen molar-refractivity contribution in [3.8, 4) is 16.9 Å². The molecule has 5 nitrogen and oxygen atoms in total. The molecule has 0 spiro atoms. The van der Waals surface area contributed by atoms with E-state index in [4.69, 9.17) is 9.15 Å². The minimum atomic E-state index is -0.231. The van der Waals surface area contributed by atoms with Crippen molar-refractivity contribution in [1.29, 1.82) is 0 Å². The van der Waals surface area contributed by atoms with Gasteiger partial charge in [0.2, 0.25) is 5.91 Å². The first kappa shape index (κ1) is 20.4. The van der Waals surface area contributed by atoms with E-state index in [2.05, 4.69) is 26.2 Å². The maximum atomic E-state index is 12.4. The number of rotatable bonds is 6. The number of anilines is 1. The number of aromatic nitrogens is 1. The number of fused-ring (bicyclic) bond motifs is 1. The molecule has 0 atom stereocenters. The van der Waals surface area contributed by atoms with Gasteiger partial charge in [-0.1, -0.05) is 28.1 Å². The van der Waals surface area contributed by atoms with Gasteiger partial charge in [0.05, 0.1) is 12.9 Å². The molecule has 0 aliphatic carbocycles. The monoisotopic (exact) mass is 482 g/mol. The van der Waals surface area contributed by atoms with E-state index in [-0.39, 0.29) is 5.91 Å². The Morgan fingerprint density at radius 2 is 2.10 bits per heavy atom. The van der Waals surface area contributed by atoms with Gasteiger partial charge in [-0.15, -0.1) is 11.3 Å². The number of benzene rings is 2. The lowest BCUT2D eigenvalue weighted by atomic mass is 9.99. The number of carbonyl (C=O) groups is 1. The highest BCUT2D eigenvalue weighted by atomic mass is 79.9. The van der Waals surface area contributed by atoms with Gasteiger partial charge in [-0.3, -0.25) is 10.1 Å². The second-order valence-electron chi connectivity index (χ2n) is 6.59. The third-order valence-electron chi connectivity index (χ3n) is 4.57. The first-order valence-corrected chi connectivity index (χ1v) is 11.1. The maximum absolute atomic E-state index is 12.4. The zero-order chi connectivity index (χ0) is 21.1. The fourth-order valence-electron chi connectivity index (χ4n) is 3.19. The SMILES string of the molecule is CCOc1cc2occ(-c3ccc(Br)cc3)c2cc1/C(C)=C/C(=O)Nc1nccs1. The van der Waals surface area contributed by atoms with Crippen molar-refractivity contribution >= 4 is 54.8 Å². The third kappa shape index (κ3) is 4.32. The molecule has 2 heterocycles. The number of carbonyl (C=O) groups excluding carboxylic acids is 1. The summed E-state index contributed by atoms with van der Waals surface area (Å²) in [4.78, 5) is 16.5. The van der Waals surface area contributed by atoms with Gasteiger partial charge in [-0.25, -0.2) is 4.98 Å². The molecule has 1 N–H and O–H groups in total. The van der Waals surface area contributed by atoms with Gasteiger partial charge in [-0.2, -0.15) is 0 Å². The average molecular weight is 483 g/mol. The van der Waals surface area contributed by atoms with Gasteiger partial charge >= 0.3 is 0 Å². The zero-order valence-electron chi connectivity index (χ0n) is 16.4. The Labute approximate surface area is 186 Å². The van der Waals surface area contributed by atoms with Crippen molar-refractivity contribution < 1.29 is 13.9 Å². The van der Waals surface area contributed by atoms with Crippen molar-refractivity contribution in [2.45, 2.75) is 13.8 Å². The van der Waals surface area contributed by atoms with E-state index >= 15 is 0 Å². The molecule has 4 aromatic rings. The standard InChI is InChI=1S/C23H19BrN2O3S/c1-3-28-20-12-21-18(19(13-29-21)15-4-6-16(24)7-5-15)11-17(20)14(2)10-22(27)26-23-25-8-9-30-23/h4-13H,3H2,1-2H3,(H,25,26,27)/b14-10+. The summed E-state index contributed by atoms with van der Waals surface area (Å²) in [5.74, 6) is 0.447. The lowest BCUT2D eigenvalue weighted by molar-refractivity contribution is -0.111. The highest BCUT2D eigenvalue weighted by Crippen LogP contribution is 2.37. The molecule has 30 heavy (non-hydrogen) atoms. The zero-order valence-corrected chi connectivity index (χ0v) is 18.8. The summed E-state index contributed by atoms with van der Waals surface area (Å²) in [6.45, 7) is 4.33. The lowest BCUT2D eigenvalue weighted by Gasteiger charge is -2.11. The van der Waals surface area contributed by atoms with Crippen LogP contribution < -0.4 is 10.1 Å². The third-order valence-corrected chi connectivity index (χ3v) is 5.78. The van der Waals surface area contributed by atoms with Gasteiger partial charge < -0.3 is 9.15 Å². The molecule has 0 saturated carbocycles. The number of ether oxygens (including phenoxy) is 1. The molecule has 0 aliphatic heterocycles. The van der Waals surface area contributed by atoms with E-state index in [9.17, 15) is 4.79 Å². The van der Waals surface area contributed by atoms with E-state index < -0.39 is 0 Å². The first-order valence-electron chi connectivity index (χ1n) is 9.38. The second kappa shape index (κ2) is 8.85. The number of allylic oxidation sites excluding steroid dienone is 1. The van der Waals surface area contributed by atoms with E-state index in [1.54, 1.807) is 18.5 Å². The highest BCUT2D eigenvalue weighted by molar-refractivity contribution is 9.10. The van der Waals surface area contributed by atoms with Crippen molar-refractivity contribution in [2.75, 3.05) is 11.9 Å². The minimum Gasteiger partial charge on any atom is -0.493 e. The smallest absolute Gasteiger partial charge is 0.250 e. The molecule has 0 radical (unpaired) electrons. The Morgan fingerprint density at radius 3 is 2.80 bits per heavy atom. The lowest BCUT2D eigenvalue weighted by Crippen LogP contribution is -2.08. The van der Waals surface area contributed by atoms with Crippen molar-refractivity contribution in [1.82, 2.24) is 4.98 Å². The topological polar surface area (TPSA) is 64.4 Å². The first-order chi connectivity index (χ1) is 14.5. The molecule has 0 bridgehead atoms. The van der Waals surface area contributed by atoms with E-state index in [1.165, 1.54) is 11.3 Å². The van der Waals surface area contributed by atoms with Crippen LogP contribution >= 0.6 is 27.3 Å². The summed E-state index contributed by atoms with van der Waals surface area (Å²) in [6.07, 6.45) is 4.96. The fraction of sp³-hybridized carbons (Fsp3) is 0.130. The molecule has 4 rings (SSSR count). The Bertz CT molecular complexity index is 1210. The predicted octanol–water partition coefficient (Wildman–Crippen LogP) is 6.76. The largest absolute Gasteiger partial charge is 0.493 e. The molecular weight excluding hydrogens is 464 g/mol. The molecule has 7 heteroatoms. The van der Waals surface area contributed by atoms with Crippen LogP contribution in [0.1, 0.15) is 19.4 Å². The molecule has 0 fully saturated rings. The van der Waals surface area contributed by atoms with Crippen LogP contribution in [0.4, 0.5) is 5.13 Å². The number of furan rings is 1. The fourth-order valence-corrected chi connectivity index (χ4v) is 3.99. The number of amides is 1. The van der Waals surface area contributed by atoms with Crippen LogP contribution in [0.5, 0.6) is 5.75 Å². The van der Waals surface area contributed by atoms with E-state index in [0.717, 1.165) is 37.7 Å². The average Bonchev–Trinajstić information content (AvgIpc) is 3.37. The number of nitrogens with one attached hydrogen (secondary N) is 1. The summed E-state index contributed by atoms with van der Waals surface area (Å²) in [7, 11) is 0. The number of thiazole rings is 1. The molecule has 1 amide bonds. The van der Waals surface area contributed by atoms with Crippen LogP contribution in [0.25, 0.3) is 27.7 Å². The van der Waals surface area contributed by atoms with Crippen LogP contribution in [0.15, 0.2) is 69.2 Å². The number of halogens is 1. The Hall–Kier alpha value is -2.90. The summed E-state index contributed by atoms with van der Waals surface area (Å²) in [5.41, 5.74) is 4.41. The molecule has 0 saturated heterocycles. The molecule has 152 valence electrons. The number of hydrogen-bond donors (Lipinski definition) is 1. The summed E-state index contributed by atoms with van der Waals surface area (Å²) < 4.78 is 12.7. The second-order valence-corrected chi connectivity index (χ2v) is 8.40. The van der Waals surface area contributed by atoms with E-state index in [0.29, 0.717) is 17.5 Å². The maximum Gasteiger partial charge on any atom is 0.250 e. The molecule has 2 aromatic heterocycles. The number of nitrogens with zero attached hydrogens (tertiary/aromatic N) is 1. The minimum absolute atomic E-state index is 0.231. The van der Waals surface area contributed by atoms with Crippen LogP contribution in [0, 0.1) is 0 Å². The van der Waals surface area contributed by atoms with Crippen molar-refractivity contribution in [3.63, 3.8) is 0 Å². The molecule has 0 aliphatic rings. The normalized spacial score (nSPS) is 11.6. The van der Waals surface area contributed by atoms with Crippen LogP contribution in [-0.4, -0.2) is 17.5 Å². The van der Waals surface area contributed by atoms with Gasteiger partial charge in [-0.05, 0) is 43.2 Å². The van der Waals surface area contributed by atoms with Crippen LogP contribution in [-0.2, 0) is 4.79 Å². The molecule has 2 aromatic carbocycles. The summed E-state index contributed by atoms with van der Waals surface area (Å²) in [6, 6.07) is 12.0. The Morgan fingerprint density at radius 1 is 1.30 bits per heavy atom. The van der Waals surface area contributed by atoms with Gasteiger partial charge in [0.15, 0.2) is 5.13 Å². The van der Waals surface area contributed by atoms with Gasteiger partial charge in [0.25, 0.3) is 0 Å². The van der Waals surface area contributed by atoms with Gasteiger partial charge in [0.1, 0.15) is 11.3 Å². The van der Waals surface area contributed by atoms with Gasteiger partial charge in [0, 0.05) is 44.7 Å². The quantitative estimate of drug-likeness (QED) is 0.308. The van der Waals surface area contributed by atoms with Crippen molar-refractivity contribution in [3.05, 3.63) is 70.4 Å². The summed E-state index contributed by atoms with van der Waals surface area (Å²) >= 11 is 4.85.